The van der Waals surface area contributed by atoms with E-state index in [0.717, 1.165) is 6.07 Å². The van der Waals surface area contributed by atoms with E-state index in [9.17, 15) is 102 Å². The van der Waals surface area contributed by atoms with Gasteiger partial charge >= 0.3 is 5.63 Å². The van der Waals surface area contributed by atoms with Gasteiger partial charge in [-0.2, -0.15) is 0 Å². The molecule has 5 aliphatic heterocycles. The second-order valence-corrected chi connectivity index (χ2v) is 21.3. The minimum absolute atomic E-state index is 0.0258. The zero-order valence-electron chi connectivity index (χ0n) is 48.9. The molecule has 5 saturated heterocycles. The summed E-state index contributed by atoms with van der Waals surface area (Å²) in [6.45, 7) is -5.50. The van der Waals surface area contributed by atoms with Crippen LogP contribution in [0.5, 0.6) is 11.5 Å². The molecule has 0 amide bonds. The maximum Gasteiger partial charge on any atom is 0.336 e. The molecule has 33 atom stereocenters. The van der Waals surface area contributed by atoms with E-state index < -0.39 is 261 Å². The first-order chi connectivity index (χ1) is 44.1. The summed E-state index contributed by atoms with van der Waals surface area (Å²) in [5.74, 6) is -0.477. The summed E-state index contributed by atoms with van der Waals surface area (Å²) in [5, 5.41) is 298. The summed E-state index contributed by atoms with van der Waals surface area (Å²) in [6, 6.07) is 5.17. The first-order valence-corrected chi connectivity index (χ1v) is 28.1. The number of hydrogen-bond donors (Lipinski definition) is 32. The molecule has 6 heterocycles. The number of aromatic hydroxyl groups is 1. The van der Waals surface area contributed by atoms with E-state index in [1.54, 1.807) is 0 Å². The van der Waals surface area contributed by atoms with E-state index in [2.05, 4.69) is 0 Å². The molecule has 2 aromatic rings. The molecule has 0 bridgehead atoms. The number of aliphatic hydroxyl groups excluding tert-OH is 31. The van der Waals surface area contributed by atoms with Crippen molar-refractivity contribution in [3.63, 3.8) is 0 Å². The third-order valence-corrected chi connectivity index (χ3v) is 14.7. The Morgan fingerprint density at radius 2 is 0.745 bits per heavy atom. The molecule has 0 spiro atoms. The van der Waals surface area contributed by atoms with Crippen LogP contribution in [0.3, 0.4) is 0 Å². The van der Waals surface area contributed by atoms with Crippen LogP contribution in [0.15, 0.2) is 33.5 Å². The van der Waals surface area contributed by atoms with Crippen LogP contribution in [0, 0.1) is 0 Å². The lowest BCUT2D eigenvalue weighted by atomic mass is 9.97. The van der Waals surface area contributed by atoms with Crippen molar-refractivity contribution >= 4 is 17.3 Å². The van der Waals surface area contributed by atoms with Crippen molar-refractivity contribution in [2.45, 2.75) is 202 Å². The molecule has 7 rings (SSSR count). The second-order valence-electron chi connectivity index (χ2n) is 21.3. The number of fused-ring (bicyclic) bond motifs is 1. The Morgan fingerprint density at radius 1 is 0.404 bits per heavy atom. The molecule has 0 saturated carbocycles. The zero-order valence-corrected chi connectivity index (χ0v) is 48.9. The van der Waals surface area contributed by atoms with E-state index in [-0.39, 0.29) is 23.4 Å². The minimum atomic E-state index is -1.79. The van der Waals surface area contributed by atoms with Gasteiger partial charge in [-0.05, 0) is 12.1 Å². The zero-order chi connectivity index (χ0) is 71.5. The summed E-state index contributed by atoms with van der Waals surface area (Å²) >= 11 is 0. The third-order valence-electron chi connectivity index (χ3n) is 14.7. The average Bonchev–Trinajstić information content (AvgIpc) is 0.809. The number of aldehydes is 1. The number of carbonyl (C=O) groups excluding carboxylic acids is 1. The molecule has 1 aromatic heterocycles. The van der Waals surface area contributed by atoms with Gasteiger partial charge in [0, 0.05) is 17.5 Å². The largest absolute Gasteiger partial charge is 0.504 e. The standard InChI is InChI=1S/C15H16O9.2C12H22O11.C6H14O6.C6H12O6/c16-5-10-12(19)13(20)14(21)15(24-10)23-9-3-6-1-2-11(18)22-8(6)4-7(9)17;2*13-1-3-5(15)6(16)9(19)12(22-3)23-10-4(2-14)21-11(20)8(18)7(10)17;2*7-1-3(9)5(11)6(12)4(10)2-8/h1-4,10,12-17,19-21H,5H2;2*3-20H,1-2H2;3-12H,1-2H2;1,3-6,8-12H,2H2/t10-,12-,13+,14-,15-;3-,4-,5+,6+,7-,8-,9-,10-,11-,12+;3-,4-,5-,6+,7-,8-,9-,10-,11-,12-;3-,4-,5-,6-;3-,4+,5+,6+/m11110/s1. The molecule has 43 nitrogen and oxygen atoms in total. The fourth-order valence-corrected chi connectivity index (χ4v) is 8.90. The molecule has 0 unspecified atom stereocenters. The Morgan fingerprint density at radius 3 is 1.09 bits per heavy atom. The van der Waals surface area contributed by atoms with Crippen LogP contribution in [0.1, 0.15) is 0 Å². The molecule has 32 N–H and O–H groups in total. The van der Waals surface area contributed by atoms with E-state index >= 15 is 0 Å². The predicted octanol–water partition coefficient (Wildman–Crippen LogP) is -19.1. The predicted molar refractivity (Wildman–Crippen MR) is 291 cm³/mol. The quantitative estimate of drug-likeness (QED) is 0.0408. The highest BCUT2D eigenvalue weighted by molar-refractivity contribution is 5.80. The second kappa shape index (κ2) is 39.7. The Bertz CT molecular complexity index is 2410. The Hall–Kier alpha value is -3.82. The van der Waals surface area contributed by atoms with Crippen molar-refractivity contribution in [1.29, 1.82) is 0 Å². The summed E-state index contributed by atoms with van der Waals surface area (Å²) in [4.78, 5) is 21.1. The summed E-state index contributed by atoms with van der Waals surface area (Å²) in [7, 11) is 0. The molecule has 548 valence electrons. The van der Waals surface area contributed by atoms with Crippen LogP contribution in [-0.4, -0.2) is 425 Å². The normalized spacial score (nSPS) is 38.5. The first kappa shape index (κ1) is 84.4. The lowest BCUT2D eigenvalue weighted by Crippen LogP contribution is -2.64. The molecule has 5 aliphatic rings. The van der Waals surface area contributed by atoms with Gasteiger partial charge in [0.25, 0.3) is 0 Å². The van der Waals surface area contributed by atoms with Crippen molar-refractivity contribution in [3.8, 4) is 11.5 Å². The lowest BCUT2D eigenvalue weighted by molar-refractivity contribution is -0.355. The molecular weight excluding hydrogens is 1300 g/mol. The Balaban J connectivity index is 0.000000316. The highest BCUT2D eigenvalue weighted by Gasteiger charge is 2.52. The van der Waals surface area contributed by atoms with Gasteiger partial charge in [-0.25, -0.2) is 4.79 Å². The van der Waals surface area contributed by atoms with E-state index in [0.29, 0.717) is 5.39 Å². The number of aliphatic hydroxyl groups is 31. The van der Waals surface area contributed by atoms with Crippen LogP contribution in [-0.2, 0) is 38.0 Å². The van der Waals surface area contributed by atoms with Crippen molar-refractivity contribution < 1.29 is 211 Å². The number of rotatable bonds is 21. The molecule has 43 heteroatoms. The molecular formula is C51H86O43. The van der Waals surface area contributed by atoms with Crippen LogP contribution in [0.2, 0.25) is 0 Å². The topological polar surface area (TPSA) is 768 Å². The van der Waals surface area contributed by atoms with Gasteiger partial charge in [0.2, 0.25) is 6.29 Å². The Labute approximate surface area is 528 Å². The van der Waals surface area contributed by atoms with Crippen LogP contribution in [0.4, 0.5) is 0 Å². The molecule has 0 radical (unpaired) electrons. The van der Waals surface area contributed by atoms with E-state index in [1.165, 1.54) is 18.2 Å². The maximum absolute atomic E-state index is 11.2. The number of carbonyl (C=O) groups is 1. The monoisotopic (exact) mass is 1390 g/mol. The van der Waals surface area contributed by atoms with Gasteiger partial charge in [-0.15, -0.1) is 0 Å². The van der Waals surface area contributed by atoms with E-state index in [1.807, 2.05) is 0 Å². The van der Waals surface area contributed by atoms with E-state index in [4.69, 9.17) is 114 Å². The van der Waals surface area contributed by atoms with Gasteiger partial charge in [0.05, 0.1) is 52.9 Å². The SMILES string of the molecule is O=C[C@H](O)[C@@H](O)[C@H](O)[C@H](O)CO.O=c1ccc2cc(O[C@@H]3O[C@H](CO)[C@@H](O)[C@H](O)[C@H]3O)c(O)cc2o1.OC[C@@H](O)[C@@H](O)[C@H](O)[C@H](O)CO.OC[C@H]1O[C@@H](O[C@H]2[C@H](O)[C@@H](O)[C@H](O)O[C@@H]2CO)[C@H](O)[C@@H](O)[C@H]1O.OC[C@H]1O[C@H](O[C@H]2[C@H](O)[C@@H](O)[C@H](O)O[C@@H]2CO)[C@H](O)[C@@H](O)[C@@H]1O. The fourth-order valence-electron chi connectivity index (χ4n) is 8.90. The Kier molecular flexibility index (Phi) is 35.6. The molecule has 94 heavy (non-hydrogen) atoms. The van der Waals surface area contributed by atoms with Gasteiger partial charge in [0.1, 0.15) is 176 Å². The van der Waals surface area contributed by atoms with Gasteiger partial charge < -0.3 is 211 Å². The van der Waals surface area contributed by atoms with Crippen LogP contribution in [0.25, 0.3) is 11.0 Å². The van der Waals surface area contributed by atoms with Crippen molar-refractivity contribution in [3.05, 3.63) is 34.7 Å². The minimum Gasteiger partial charge on any atom is -0.504 e. The highest BCUT2D eigenvalue weighted by Crippen LogP contribution is 2.35. The molecule has 0 aliphatic carbocycles. The van der Waals surface area contributed by atoms with Gasteiger partial charge in [-0.1, -0.05) is 0 Å². The van der Waals surface area contributed by atoms with Crippen molar-refractivity contribution in [1.82, 2.24) is 0 Å². The lowest BCUT2D eigenvalue weighted by Gasteiger charge is -2.45. The fraction of sp³-hybridized carbons (Fsp3) is 0.804. The number of hydrogen-bond acceptors (Lipinski definition) is 43. The summed E-state index contributed by atoms with van der Waals surface area (Å²) < 4.78 is 46.0. The van der Waals surface area contributed by atoms with Crippen molar-refractivity contribution in [2.24, 2.45) is 0 Å². The van der Waals surface area contributed by atoms with Gasteiger partial charge in [0.15, 0.2) is 42.9 Å². The third kappa shape index (κ3) is 21.8. The van der Waals surface area contributed by atoms with Gasteiger partial charge in [-0.3, -0.25) is 0 Å². The first-order valence-electron chi connectivity index (χ1n) is 28.1. The maximum atomic E-state index is 11.2. The summed E-state index contributed by atoms with van der Waals surface area (Å²) in [5.41, 5.74) is -0.439. The number of benzene rings is 1. The highest BCUT2D eigenvalue weighted by atomic mass is 16.7. The molecule has 5 fully saturated rings. The number of phenols is 1. The average molecular weight is 1390 g/mol. The summed E-state index contributed by atoms with van der Waals surface area (Å²) in [6.07, 6.45) is -51.6. The smallest absolute Gasteiger partial charge is 0.336 e. The van der Waals surface area contributed by atoms with Crippen LogP contribution >= 0.6 is 0 Å². The van der Waals surface area contributed by atoms with Crippen molar-refractivity contribution in [2.75, 3.05) is 52.9 Å². The van der Waals surface area contributed by atoms with Crippen LogP contribution < -0.4 is 10.4 Å². The number of ether oxygens (including phenoxy) is 8. The molecule has 1 aromatic carbocycles. The number of phenolic OH excluding ortho intramolecular Hbond substituents is 1.